The highest BCUT2D eigenvalue weighted by atomic mass is 32.2. The molecule has 0 unspecified atom stereocenters. The van der Waals surface area contributed by atoms with Gasteiger partial charge in [-0.2, -0.15) is 0 Å². The summed E-state index contributed by atoms with van der Waals surface area (Å²) in [5.74, 6) is 3.03. The Morgan fingerprint density at radius 2 is 2.00 bits per heavy atom. The van der Waals surface area contributed by atoms with E-state index in [-0.39, 0.29) is 5.41 Å². The van der Waals surface area contributed by atoms with Gasteiger partial charge >= 0.3 is 0 Å². The number of hydrogen-bond acceptors (Lipinski definition) is 4. The number of hydrogen-bond donors (Lipinski definition) is 1. The summed E-state index contributed by atoms with van der Waals surface area (Å²) >= 11 is 1.86. The van der Waals surface area contributed by atoms with E-state index in [1.54, 1.807) is 0 Å². The molecule has 0 atom stereocenters. The van der Waals surface area contributed by atoms with Crippen LogP contribution in [0.4, 0.5) is 0 Å². The zero-order valence-corrected chi connectivity index (χ0v) is 12.7. The van der Waals surface area contributed by atoms with Gasteiger partial charge in [0.25, 0.3) is 0 Å². The molecule has 0 radical (unpaired) electrons. The minimum Gasteiger partial charge on any atom is -0.330 e. The van der Waals surface area contributed by atoms with Gasteiger partial charge in [0.1, 0.15) is 5.82 Å². The lowest BCUT2D eigenvalue weighted by Gasteiger charge is -2.21. The van der Waals surface area contributed by atoms with E-state index in [0.29, 0.717) is 12.0 Å². The van der Waals surface area contributed by atoms with Crippen LogP contribution in [-0.4, -0.2) is 27.1 Å². The van der Waals surface area contributed by atoms with Gasteiger partial charge in [0.2, 0.25) is 0 Å². The predicted octanol–water partition coefficient (Wildman–Crippen LogP) is 2.96. The molecule has 1 aromatic rings. The van der Waals surface area contributed by atoms with Crippen molar-refractivity contribution < 1.29 is 0 Å². The van der Waals surface area contributed by atoms with E-state index in [9.17, 15) is 0 Å². The molecule has 0 bridgehead atoms. The summed E-state index contributed by atoms with van der Waals surface area (Å²) in [6, 6.07) is 0.690. The summed E-state index contributed by atoms with van der Waals surface area (Å²) in [6.07, 6.45) is 6.34. The molecule has 0 spiro atoms. The van der Waals surface area contributed by atoms with Crippen LogP contribution in [0.1, 0.15) is 63.7 Å². The molecule has 1 heterocycles. The van der Waals surface area contributed by atoms with Crippen molar-refractivity contribution in [2.24, 2.45) is 11.1 Å². The average molecular weight is 280 g/mol. The molecule has 0 saturated heterocycles. The Bertz CT molecular complexity index is 446. The van der Waals surface area contributed by atoms with Crippen LogP contribution < -0.4 is 5.73 Å². The molecule has 2 aliphatic rings. The van der Waals surface area contributed by atoms with Crippen molar-refractivity contribution in [2.75, 3.05) is 12.3 Å². The van der Waals surface area contributed by atoms with Crippen molar-refractivity contribution in [2.45, 2.75) is 63.1 Å². The van der Waals surface area contributed by atoms with Crippen molar-refractivity contribution in [1.82, 2.24) is 14.8 Å². The Kier molecular flexibility index (Phi) is 3.60. The number of rotatable bonds is 7. The summed E-state index contributed by atoms with van der Waals surface area (Å²) in [5.41, 5.74) is 6.02. The van der Waals surface area contributed by atoms with Gasteiger partial charge in [-0.3, -0.25) is 0 Å². The first-order chi connectivity index (χ1) is 9.11. The van der Waals surface area contributed by atoms with Crippen molar-refractivity contribution in [3.8, 4) is 0 Å². The largest absolute Gasteiger partial charge is 0.330 e. The molecule has 1 aromatic heterocycles. The summed E-state index contributed by atoms with van der Waals surface area (Å²) in [5, 5.41) is 10.0. The molecule has 4 nitrogen and oxygen atoms in total. The molecule has 0 aromatic carbocycles. The summed E-state index contributed by atoms with van der Waals surface area (Å²) < 4.78 is 2.43. The average Bonchev–Trinajstić information content (AvgIpc) is 3.29. The standard InChI is InChI=1S/C14H24N4S/c1-14(2,9-15)7-8-19-13-17-16-12(10-3-4-10)18(13)11-5-6-11/h10-11H,3-9,15H2,1-2H3. The quantitative estimate of drug-likeness (QED) is 0.780. The summed E-state index contributed by atoms with van der Waals surface area (Å²) in [7, 11) is 0. The summed E-state index contributed by atoms with van der Waals surface area (Å²) in [6.45, 7) is 5.21. The molecule has 2 fully saturated rings. The third-order valence-corrected chi connectivity index (χ3v) is 5.05. The van der Waals surface area contributed by atoms with Crippen LogP contribution in [0.3, 0.4) is 0 Å². The van der Waals surface area contributed by atoms with Crippen LogP contribution in [0.2, 0.25) is 0 Å². The topological polar surface area (TPSA) is 56.7 Å². The van der Waals surface area contributed by atoms with E-state index < -0.39 is 0 Å². The van der Waals surface area contributed by atoms with Crippen molar-refractivity contribution >= 4 is 11.8 Å². The van der Waals surface area contributed by atoms with Crippen LogP contribution >= 0.6 is 11.8 Å². The molecular formula is C14H24N4S. The third-order valence-electron chi connectivity index (χ3n) is 4.11. The number of nitrogens with zero attached hydrogens (tertiary/aromatic N) is 3. The second-order valence-corrected chi connectivity index (χ2v) is 7.75. The van der Waals surface area contributed by atoms with Crippen LogP contribution in [0, 0.1) is 5.41 Å². The van der Waals surface area contributed by atoms with Gasteiger partial charge in [0.15, 0.2) is 5.16 Å². The summed E-state index contributed by atoms with van der Waals surface area (Å²) in [4.78, 5) is 0. The number of nitrogens with two attached hydrogens (primary N) is 1. The molecule has 3 rings (SSSR count). The van der Waals surface area contributed by atoms with Gasteiger partial charge in [-0.1, -0.05) is 25.6 Å². The lowest BCUT2D eigenvalue weighted by atomic mass is 9.91. The van der Waals surface area contributed by atoms with E-state index in [4.69, 9.17) is 5.73 Å². The first kappa shape index (κ1) is 13.4. The van der Waals surface area contributed by atoms with E-state index in [2.05, 4.69) is 28.6 Å². The Morgan fingerprint density at radius 3 is 2.58 bits per heavy atom. The van der Waals surface area contributed by atoms with Crippen LogP contribution in [0.25, 0.3) is 0 Å². The normalized spacial score (nSPS) is 19.9. The minimum atomic E-state index is 0.233. The zero-order chi connectivity index (χ0) is 13.5. The second-order valence-electron chi connectivity index (χ2n) is 6.68. The second kappa shape index (κ2) is 5.09. The fourth-order valence-electron chi connectivity index (χ4n) is 2.20. The number of thioether (sulfide) groups is 1. The first-order valence-corrected chi connectivity index (χ1v) is 8.37. The molecule has 2 aliphatic carbocycles. The Labute approximate surface area is 119 Å². The predicted molar refractivity (Wildman–Crippen MR) is 78.4 cm³/mol. The molecule has 19 heavy (non-hydrogen) atoms. The van der Waals surface area contributed by atoms with E-state index in [0.717, 1.165) is 23.9 Å². The maximum Gasteiger partial charge on any atom is 0.191 e. The van der Waals surface area contributed by atoms with Gasteiger partial charge in [-0.05, 0) is 44.1 Å². The lowest BCUT2D eigenvalue weighted by molar-refractivity contribution is 0.368. The maximum absolute atomic E-state index is 5.78. The van der Waals surface area contributed by atoms with E-state index in [1.165, 1.54) is 31.5 Å². The van der Waals surface area contributed by atoms with Crippen LogP contribution in [0.15, 0.2) is 5.16 Å². The highest BCUT2D eigenvalue weighted by Gasteiger charge is 2.36. The minimum absolute atomic E-state index is 0.233. The first-order valence-electron chi connectivity index (χ1n) is 7.38. The Morgan fingerprint density at radius 1 is 1.26 bits per heavy atom. The van der Waals surface area contributed by atoms with Crippen LogP contribution in [-0.2, 0) is 0 Å². The molecule has 106 valence electrons. The van der Waals surface area contributed by atoms with Crippen molar-refractivity contribution in [3.05, 3.63) is 5.82 Å². The highest BCUT2D eigenvalue weighted by molar-refractivity contribution is 7.99. The van der Waals surface area contributed by atoms with Gasteiger partial charge < -0.3 is 10.3 Å². The number of aromatic nitrogens is 3. The third kappa shape index (κ3) is 3.14. The fourth-order valence-corrected chi connectivity index (χ4v) is 3.52. The smallest absolute Gasteiger partial charge is 0.191 e. The van der Waals surface area contributed by atoms with Gasteiger partial charge in [0, 0.05) is 17.7 Å². The molecule has 0 aliphatic heterocycles. The fraction of sp³-hybridized carbons (Fsp3) is 0.857. The lowest BCUT2D eigenvalue weighted by Crippen LogP contribution is -2.24. The van der Waals surface area contributed by atoms with Gasteiger partial charge in [-0.15, -0.1) is 10.2 Å². The van der Waals surface area contributed by atoms with Gasteiger partial charge in [-0.25, -0.2) is 0 Å². The SMILES string of the molecule is CC(C)(CN)CCSc1nnc(C2CC2)n1C1CC1. The maximum atomic E-state index is 5.78. The van der Waals surface area contributed by atoms with Crippen molar-refractivity contribution in [1.29, 1.82) is 0 Å². The molecule has 2 N–H and O–H groups in total. The zero-order valence-electron chi connectivity index (χ0n) is 11.9. The highest BCUT2D eigenvalue weighted by Crippen LogP contribution is 2.46. The van der Waals surface area contributed by atoms with Crippen LogP contribution in [0.5, 0.6) is 0 Å². The van der Waals surface area contributed by atoms with E-state index in [1.807, 2.05) is 11.8 Å². The van der Waals surface area contributed by atoms with Crippen molar-refractivity contribution in [3.63, 3.8) is 0 Å². The monoisotopic (exact) mass is 280 g/mol. The van der Waals surface area contributed by atoms with E-state index >= 15 is 0 Å². The molecular weight excluding hydrogens is 256 g/mol. The molecule has 2 saturated carbocycles. The Balaban J connectivity index is 1.64. The molecule has 0 amide bonds. The molecule has 5 heteroatoms. The van der Waals surface area contributed by atoms with Gasteiger partial charge in [0.05, 0.1) is 0 Å². The Hall–Kier alpha value is -0.550.